The van der Waals surface area contributed by atoms with Crippen molar-refractivity contribution in [3.63, 3.8) is 0 Å². The lowest BCUT2D eigenvalue weighted by Crippen LogP contribution is -2.61. The summed E-state index contributed by atoms with van der Waals surface area (Å²) < 4.78 is 6.27. The van der Waals surface area contributed by atoms with Crippen LogP contribution in [0.1, 0.15) is 12.0 Å². The maximum atomic E-state index is 11.8. The summed E-state index contributed by atoms with van der Waals surface area (Å²) in [6.07, 6.45) is 6.93. The average molecular weight is 324 g/mol. The highest BCUT2D eigenvalue weighted by Gasteiger charge is 2.50. The molecule has 3 rings (SSSR count). The third kappa shape index (κ3) is 3.55. The fourth-order valence-corrected chi connectivity index (χ4v) is 4.84. The quantitative estimate of drug-likeness (QED) is 0.829. The van der Waals surface area contributed by atoms with Crippen LogP contribution < -0.4 is 0 Å². The first kappa shape index (κ1) is 15.2. The molecule has 0 bridgehead atoms. The number of rotatable bonds is 5. The monoisotopic (exact) mass is 324 g/mol. The number of nitrogens with zero attached hydrogens (tertiary/aromatic N) is 2. The number of carbonyl (C=O) groups excluding carboxylic acids is 1. The second kappa shape index (κ2) is 6.58. The number of thioether (sulfide) groups is 2. The summed E-state index contributed by atoms with van der Waals surface area (Å²) in [5, 5.41) is 0. The van der Waals surface area contributed by atoms with Crippen LogP contribution in [0.25, 0.3) is 0 Å². The van der Waals surface area contributed by atoms with Gasteiger partial charge in [0.2, 0.25) is 5.91 Å². The van der Waals surface area contributed by atoms with E-state index < -0.39 is 0 Å². The van der Waals surface area contributed by atoms with E-state index in [1.807, 2.05) is 35.1 Å². The van der Waals surface area contributed by atoms with E-state index >= 15 is 0 Å². The molecule has 0 radical (unpaired) electrons. The van der Waals surface area contributed by atoms with Crippen molar-refractivity contribution in [3.05, 3.63) is 30.1 Å². The number of pyridine rings is 1. The van der Waals surface area contributed by atoms with E-state index in [0.717, 1.165) is 25.3 Å². The lowest BCUT2D eigenvalue weighted by atomic mass is 9.93. The van der Waals surface area contributed by atoms with E-state index in [2.05, 4.69) is 4.98 Å². The van der Waals surface area contributed by atoms with E-state index in [1.54, 1.807) is 24.2 Å². The molecule has 3 heterocycles. The van der Waals surface area contributed by atoms with Gasteiger partial charge in [0.15, 0.2) is 0 Å². The van der Waals surface area contributed by atoms with Gasteiger partial charge >= 0.3 is 0 Å². The molecule has 1 aromatic heterocycles. The lowest BCUT2D eigenvalue weighted by Gasteiger charge is -2.47. The molecular formula is C15H20N2O2S2. The largest absolute Gasteiger partial charge is 0.373 e. The van der Waals surface area contributed by atoms with Gasteiger partial charge in [0.1, 0.15) is 0 Å². The van der Waals surface area contributed by atoms with Crippen molar-refractivity contribution in [2.45, 2.75) is 23.9 Å². The zero-order valence-corrected chi connectivity index (χ0v) is 13.8. The molecule has 2 aliphatic rings. The summed E-state index contributed by atoms with van der Waals surface area (Å²) in [5.74, 6) is 1.91. The van der Waals surface area contributed by atoms with Gasteiger partial charge in [-0.3, -0.25) is 9.78 Å². The SMILES string of the molecule is CSCC(=O)N1CC2(C[C@@H](OCc3ccncc3)CS2)C1. The van der Waals surface area contributed by atoms with Crippen molar-refractivity contribution in [3.8, 4) is 0 Å². The van der Waals surface area contributed by atoms with Gasteiger partial charge in [0.05, 0.1) is 23.2 Å². The van der Waals surface area contributed by atoms with Crippen LogP contribution in [-0.2, 0) is 16.1 Å². The first-order chi connectivity index (χ1) is 10.2. The van der Waals surface area contributed by atoms with E-state index in [9.17, 15) is 4.79 Å². The average Bonchev–Trinajstić information content (AvgIpc) is 2.89. The molecule has 1 aromatic rings. The van der Waals surface area contributed by atoms with Gasteiger partial charge in [0, 0.05) is 31.2 Å². The molecule has 4 nitrogen and oxygen atoms in total. The predicted molar refractivity (Wildman–Crippen MR) is 87.6 cm³/mol. The van der Waals surface area contributed by atoms with Crippen LogP contribution in [0.15, 0.2) is 24.5 Å². The maximum Gasteiger partial charge on any atom is 0.232 e. The second-order valence-corrected chi connectivity index (χ2v) is 8.02. The molecule has 6 heteroatoms. The smallest absolute Gasteiger partial charge is 0.232 e. The third-order valence-corrected chi connectivity index (χ3v) is 6.10. The zero-order chi connectivity index (χ0) is 14.7. The second-order valence-electron chi connectivity index (χ2n) is 5.67. The Bertz CT molecular complexity index is 492. The van der Waals surface area contributed by atoms with Crippen molar-refractivity contribution in [2.75, 3.05) is 30.9 Å². The summed E-state index contributed by atoms with van der Waals surface area (Å²) in [6, 6.07) is 3.98. The van der Waals surface area contributed by atoms with Gasteiger partial charge in [-0.05, 0) is 30.4 Å². The number of likely N-dealkylation sites (tertiary alicyclic amines) is 1. The lowest BCUT2D eigenvalue weighted by molar-refractivity contribution is -0.133. The fraction of sp³-hybridized carbons (Fsp3) is 0.600. The van der Waals surface area contributed by atoms with Gasteiger partial charge in [-0.15, -0.1) is 11.8 Å². The van der Waals surface area contributed by atoms with Crippen molar-refractivity contribution >= 4 is 29.4 Å². The minimum Gasteiger partial charge on any atom is -0.373 e. The minimum atomic E-state index is 0.261. The molecule has 2 saturated heterocycles. The highest BCUT2D eigenvalue weighted by Crippen LogP contribution is 2.46. The molecule has 2 aliphatic heterocycles. The Balaban J connectivity index is 1.43. The Morgan fingerprint density at radius 2 is 2.29 bits per heavy atom. The molecular weight excluding hydrogens is 304 g/mol. The van der Waals surface area contributed by atoms with Gasteiger partial charge in [-0.2, -0.15) is 11.8 Å². The number of ether oxygens (including phenoxy) is 1. The van der Waals surface area contributed by atoms with E-state index in [1.165, 1.54) is 5.56 Å². The molecule has 0 N–H and O–H groups in total. The van der Waals surface area contributed by atoms with E-state index in [-0.39, 0.29) is 10.7 Å². The number of hydrogen-bond donors (Lipinski definition) is 0. The molecule has 0 saturated carbocycles. The predicted octanol–water partition coefficient (Wildman–Crippen LogP) is 2.05. The van der Waals surface area contributed by atoms with Crippen LogP contribution >= 0.6 is 23.5 Å². The number of aromatic nitrogens is 1. The number of carbonyl (C=O) groups is 1. The first-order valence-electron chi connectivity index (χ1n) is 7.12. The summed E-state index contributed by atoms with van der Waals surface area (Å²) in [7, 11) is 0. The van der Waals surface area contributed by atoms with Crippen molar-refractivity contribution in [1.29, 1.82) is 0 Å². The van der Waals surface area contributed by atoms with Crippen LogP contribution in [0.4, 0.5) is 0 Å². The van der Waals surface area contributed by atoms with Crippen molar-refractivity contribution in [2.24, 2.45) is 0 Å². The Kier molecular flexibility index (Phi) is 4.76. The minimum absolute atomic E-state index is 0.261. The molecule has 0 aliphatic carbocycles. The molecule has 1 atom stereocenters. The van der Waals surface area contributed by atoms with Gasteiger partial charge in [-0.25, -0.2) is 0 Å². The van der Waals surface area contributed by atoms with Gasteiger partial charge in [0.25, 0.3) is 0 Å². The topological polar surface area (TPSA) is 42.4 Å². The highest BCUT2D eigenvalue weighted by atomic mass is 32.2. The Morgan fingerprint density at radius 1 is 1.52 bits per heavy atom. The van der Waals surface area contributed by atoms with E-state index in [0.29, 0.717) is 18.5 Å². The molecule has 114 valence electrons. The van der Waals surface area contributed by atoms with Crippen molar-refractivity contribution in [1.82, 2.24) is 9.88 Å². The molecule has 1 spiro atoms. The van der Waals surface area contributed by atoms with Gasteiger partial charge in [-0.1, -0.05) is 0 Å². The summed E-state index contributed by atoms with van der Waals surface area (Å²) in [5.41, 5.74) is 1.17. The van der Waals surface area contributed by atoms with Crippen LogP contribution in [0.5, 0.6) is 0 Å². The summed E-state index contributed by atoms with van der Waals surface area (Å²) in [6.45, 7) is 2.44. The fourth-order valence-electron chi connectivity index (χ4n) is 2.86. The van der Waals surface area contributed by atoms with Crippen LogP contribution in [0.2, 0.25) is 0 Å². The van der Waals surface area contributed by atoms with Gasteiger partial charge < -0.3 is 9.64 Å². The Hall–Kier alpha value is -0.720. The van der Waals surface area contributed by atoms with Crippen LogP contribution in [0.3, 0.4) is 0 Å². The molecule has 21 heavy (non-hydrogen) atoms. The number of amides is 1. The summed E-state index contributed by atoms with van der Waals surface area (Å²) >= 11 is 3.57. The van der Waals surface area contributed by atoms with Crippen molar-refractivity contribution < 1.29 is 9.53 Å². The molecule has 0 unspecified atom stereocenters. The third-order valence-electron chi connectivity index (χ3n) is 3.99. The molecule has 0 aromatic carbocycles. The Labute approximate surface area is 134 Å². The normalized spacial score (nSPS) is 23.3. The van der Waals surface area contributed by atoms with Crippen LogP contribution in [-0.4, -0.2) is 57.5 Å². The first-order valence-corrected chi connectivity index (χ1v) is 9.50. The van der Waals surface area contributed by atoms with Crippen LogP contribution in [0, 0.1) is 0 Å². The Morgan fingerprint density at radius 3 is 3.00 bits per heavy atom. The number of hydrogen-bond acceptors (Lipinski definition) is 5. The highest BCUT2D eigenvalue weighted by molar-refractivity contribution is 8.01. The molecule has 2 fully saturated rings. The summed E-state index contributed by atoms with van der Waals surface area (Å²) in [4.78, 5) is 17.8. The zero-order valence-electron chi connectivity index (χ0n) is 12.2. The standard InChI is InChI=1S/C15H20N2O2S2/c1-20-9-14(18)17-10-15(11-17)6-13(8-21-15)19-7-12-2-4-16-5-3-12/h2-5,13H,6-11H2,1H3/t13-/m1/s1. The van der Waals surface area contributed by atoms with E-state index in [4.69, 9.17) is 4.74 Å². The molecule has 1 amide bonds. The maximum absolute atomic E-state index is 11.8.